The second-order valence-electron chi connectivity index (χ2n) is 7.29. The summed E-state index contributed by atoms with van der Waals surface area (Å²) < 4.78 is 27.9. The number of likely N-dealkylation sites (tertiary alicyclic amines) is 1. The Labute approximate surface area is 181 Å². The molecule has 0 unspecified atom stereocenters. The van der Waals surface area contributed by atoms with Crippen molar-refractivity contribution in [3.63, 3.8) is 0 Å². The van der Waals surface area contributed by atoms with Crippen LogP contribution in [0.4, 0.5) is 0 Å². The number of hydrogen-bond donors (Lipinski definition) is 0. The summed E-state index contributed by atoms with van der Waals surface area (Å²) in [6.07, 6.45) is 1.82. The molecule has 1 amide bonds. The molecule has 0 aliphatic carbocycles. The van der Waals surface area contributed by atoms with Crippen LogP contribution in [-0.4, -0.2) is 48.1 Å². The first-order valence-corrected chi connectivity index (χ1v) is 12.5. The van der Waals surface area contributed by atoms with E-state index in [0.29, 0.717) is 25.2 Å². The van der Waals surface area contributed by atoms with Crippen molar-refractivity contribution in [2.24, 2.45) is 0 Å². The van der Waals surface area contributed by atoms with Gasteiger partial charge < -0.3 is 4.90 Å². The molecule has 0 spiro atoms. The second-order valence-corrected chi connectivity index (χ2v) is 10.3. The summed E-state index contributed by atoms with van der Waals surface area (Å²) in [4.78, 5) is 20.0. The largest absolute Gasteiger partial charge is 0.329 e. The third-order valence-electron chi connectivity index (χ3n) is 5.55. The molecule has 2 heterocycles. The lowest BCUT2D eigenvalue weighted by Gasteiger charge is -2.23. The van der Waals surface area contributed by atoms with E-state index >= 15 is 0 Å². The van der Waals surface area contributed by atoms with Gasteiger partial charge in [-0.15, -0.1) is 11.3 Å². The van der Waals surface area contributed by atoms with Gasteiger partial charge in [0, 0.05) is 25.2 Å². The quantitative estimate of drug-likeness (QED) is 0.569. The minimum Gasteiger partial charge on any atom is -0.329 e. The molecule has 4 rings (SSSR count). The molecule has 1 atom stereocenters. The summed E-state index contributed by atoms with van der Waals surface area (Å²) in [5.74, 6) is -0.0801. The lowest BCUT2D eigenvalue weighted by molar-refractivity contribution is 0.0735. The third-order valence-corrected chi connectivity index (χ3v) is 8.76. The topological polar surface area (TPSA) is 70.6 Å². The van der Waals surface area contributed by atoms with E-state index in [1.807, 2.05) is 43.0 Å². The van der Waals surface area contributed by atoms with E-state index in [9.17, 15) is 13.2 Å². The van der Waals surface area contributed by atoms with Crippen LogP contribution < -0.4 is 0 Å². The number of nitrogens with zero attached hydrogens (tertiary/aromatic N) is 3. The average Bonchev–Trinajstić information content (AvgIpc) is 3.40. The molecule has 8 heteroatoms. The van der Waals surface area contributed by atoms with Crippen LogP contribution in [0, 0.1) is 0 Å². The van der Waals surface area contributed by atoms with Gasteiger partial charge in [-0.2, -0.15) is 4.31 Å². The maximum Gasteiger partial charge on any atom is 0.254 e. The molecule has 0 N–H and O–H groups in total. The summed E-state index contributed by atoms with van der Waals surface area (Å²) in [5, 5.41) is 0.961. The van der Waals surface area contributed by atoms with E-state index in [-0.39, 0.29) is 16.8 Å². The van der Waals surface area contributed by atoms with Gasteiger partial charge in [-0.25, -0.2) is 13.4 Å². The Balaban J connectivity index is 1.57. The Morgan fingerprint density at radius 2 is 1.83 bits per heavy atom. The number of fused-ring (bicyclic) bond motifs is 1. The van der Waals surface area contributed by atoms with Crippen LogP contribution in [0.15, 0.2) is 53.4 Å². The maximum absolute atomic E-state index is 13.2. The number of aromatic nitrogens is 1. The van der Waals surface area contributed by atoms with Gasteiger partial charge in [-0.1, -0.05) is 26.0 Å². The highest BCUT2D eigenvalue weighted by atomic mass is 32.2. The Bertz CT molecular complexity index is 1120. The summed E-state index contributed by atoms with van der Waals surface area (Å²) in [6, 6.07) is 14.3. The van der Waals surface area contributed by atoms with Crippen molar-refractivity contribution in [1.29, 1.82) is 0 Å². The molecule has 158 valence electrons. The van der Waals surface area contributed by atoms with Crippen LogP contribution in [0.2, 0.25) is 0 Å². The zero-order valence-electron chi connectivity index (χ0n) is 17.1. The summed E-state index contributed by atoms with van der Waals surface area (Å²) in [6.45, 7) is 5.14. The van der Waals surface area contributed by atoms with E-state index in [1.165, 1.54) is 16.4 Å². The molecule has 1 aromatic heterocycles. The Morgan fingerprint density at radius 1 is 1.13 bits per heavy atom. The van der Waals surface area contributed by atoms with E-state index < -0.39 is 10.0 Å². The highest BCUT2D eigenvalue weighted by Crippen LogP contribution is 2.37. The molecule has 1 aliphatic rings. The minimum absolute atomic E-state index is 0.0333. The van der Waals surface area contributed by atoms with E-state index in [2.05, 4.69) is 0 Å². The number of para-hydroxylation sites is 1. The normalized spacial score (nSPS) is 17.2. The summed E-state index contributed by atoms with van der Waals surface area (Å²) in [7, 11) is -3.53. The number of hydrogen-bond acceptors (Lipinski definition) is 5. The van der Waals surface area contributed by atoms with Gasteiger partial charge in [-0.3, -0.25) is 4.79 Å². The molecule has 1 fully saturated rings. The maximum atomic E-state index is 13.2. The number of carbonyl (C=O) groups is 1. The molecule has 2 aromatic carbocycles. The molecule has 0 saturated carbocycles. The second kappa shape index (κ2) is 8.45. The summed E-state index contributed by atoms with van der Waals surface area (Å²) >= 11 is 1.64. The fraction of sp³-hybridized carbons (Fsp3) is 0.364. The third kappa shape index (κ3) is 3.75. The van der Waals surface area contributed by atoms with Gasteiger partial charge >= 0.3 is 0 Å². The van der Waals surface area contributed by atoms with Gasteiger partial charge in [-0.05, 0) is 49.2 Å². The molecule has 1 aliphatic heterocycles. The first-order chi connectivity index (χ1) is 14.5. The highest BCUT2D eigenvalue weighted by molar-refractivity contribution is 7.89. The molecule has 1 saturated heterocycles. The van der Waals surface area contributed by atoms with Gasteiger partial charge in [0.05, 0.1) is 21.2 Å². The van der Waals surface area contributed by atoms with E-state index in [1.54, 1.807) is 23.5 Å². The lowest BCUT2D eigenvalue weighted by Crippen LogP contribution is -2.31. The number of thiazole rings is 1. The molecule has 30 heavy (non-hydrogen) atoms. The Kier molecular flexibility index (Phi) is 5.90. The predicted octanol–water partition coefficient (Wildman–Crippen LogP) is 4.30. The zero-order valence-corrected chi connectivity index (χ0v) is 18.7. The zero-order chi connectivity index (χ0) is 21.3. The van der Waals surface area contributed by atoms with Crippen molar-refractivity contribution < 1.29 is 13.2 Å². The van der Waals surface area contributed by atoms with Gasteiger partial charge in [0.25, 0.3) is 5.91 Å². The van der Waals surface area contributed by atoms with E-state index in [0.717, 1.165) is 28.1 Å². The highest BCUT2D eigenvalue weighted by Gasteiger charge is 2.33. The molecule has 0 bridgehead atoms. The molecule has 3 aromatic rings. The lowest BCUT2D eigenvalue weighted by atomic mass is 10.1. The van der Waals surface area contributed by atoms with Crippen LogP contribution >= 0.6 is 11.3 Å². The van der Waals surface area contributed by atoms with Gasteiger partial charge in [0.2, 0.25) is 10.0 Å². The minimum atomic E-state index is -3.53. The number of rotatable bonds is 6. The predicted molar refractivity (Wildman–Crippen MR) is 119 cm³/mol. The summed E-state index contributed by atoms with van der Waals surface area (Å²) in [5.41, 5.74) is 1.46. The average molecular weight is 444 g/mol. The fourth-order valence-corrected chi connectivity index (χ4v) is 6.52. The van der Waals surface area contributed by atoms with Gasteiger partial charge in [0.15, 0.2) is 0 Å². The van der Waals surface area contributed by atoms with Crippen molar-refractivity contribution in [2.45, 2.75) is 37.6 Å². The van der Waals surface area contributed by atoms with Gasteiger partial charge in [0.1, 0.15) is 5.01 Å². The van der Waals surface area contributed by atoms with Crippen molar-refractivity contribution in [3.8, 4) is 0 Å². The number of sulfonamides is 1. The Hall–Kier alpha value is -2.29. The van der Waals surface area contributed by atoms with Crippen molar-refractivity contribution >= 4 is 37.5 Å². The first-order valence-electron chi connectivity index (χ1n) is 10.2. The van der Waals surface area contributed by atoms with E-state index in [4.69, 9.17) is 4.98 Å². The van der Waals surface area contributed by atoms with Crippen LogP contribution in [0.3, 0.4) is 0 Å². The van der Waals surface area contributed by atoms with Crippen molar-refractivity contribution in [3.05, 3.63) is 59.1 Å². The SMILES string of the molecule is CCN(CC)S(=O)(=O)c1ccc(C(=O)N2CCC[C@@H]2c2nc3ccccc3s2)cc1. The van der Waals surface area contributed by atoms with Crippen LogP contribution in [0.1, 0.15) is 48.1 Å². The number of benzene rings is 2. The molecule has 6 nitrogen and oxygen atoms in total. The Morgan fingerprint density at radius 3 is 2.50 bits per heavy atom. The smallest absolute Gasteiger partial charge is 0.254 e. The molecular formula is C22H25N3O3S2. The molecular weight excluding hydrogens is 418 g/mol. The number of amides is 1. The monoisotopic (exact) mass is 443 g/mol. The first kappa shape index (κ1) is 21.0. The van der Waals surface area contributed by atoms with Crippen molar-refractivity contribution in [1.82, 2.24) is 14.2 Å². The molecule has 0 radical (unpaired) electrons. The number of carbonyl (C=O) groups excluding carboxylic acids is 1. The fourth-order valence-electron chi connectivity index (χ4n) is 3.95. The van der Waals surface area contributed by atoms with Crippen LogP contribution in [-0.2, 0) is 10.0 Å². The van der Waals surface area contributed by atoms with Crippen LogP contribution in [0.5, 0.6) is 0 Å². The van der Waals surface area contributed by atoms with Crippen LogP contribution in [0.25, 0.3) is 10.2 Å². The standard InChI is InChI=1S/C22H25N3O3S2/c1-3-24(4-2)30(27,28)17-13-11-16(12-14-17)22(26)25-15-7-9-19(25)21-23-18-8-5-6-10-20(18)29-21/h5-6,8,10-14,19H,3-4,7,9,15H2,1-2H3/t19-/m1/s1. The van der Waals surface area contributed by atoms with Crippen molar-refractivity contribution in [2.75, 3.05) is 19.6 Å².